The summed E-state index contributed by atoms with van der Waals surface area (Å²) < 4.78 is 33.0. The van der Waals surface area contributed by atoms with Crippen molar-refractivity contribution in [3.63, 3.8) is 0 Å². The van der Waals surface area contributed by atoms with Gasteiger partial charge in [0.05, 0.1) is 7.11 Å². The molecule has 0 atom stereocenters. The highest BCUT2D eigenvalue weighted by molar-refractivity contribution is 7.92. The second kappa shape index (κ2) is 8.04. The van der Waals surface area contributed by atoms with E-state index in [0.29, 0.717) is 16.7 Å². The molecule has 0 radical (unpaired) electrons. The smallest absolute Gasteiger partial charge is 0.265 e. The number of rotatable bonds is 6. The molecule has 146 valence electrons. The van der Waals surface area contributed by atoms with Crippen molar-refractivity contribution in [2.24, 2.45) is 0 Å². The topological polar surface area (TPSA) is 93.2 Å². The monoisotopic (exact) mass is 418 g/mol. The summed E-state index contributed by atoms with van der Waals surface area (Å²) in [5.41, 5.74) is 2.84. The van der Waals surface area contributed by atoms with Crippen molar-refractivity contribution < 1.29 is 13.2 Å². The van der Waals surface area contributed by atoms with Crippen LogP contribution in [0.25, 0.3) is 0 Å². The Hall–Kier alpha value is -2.84. The quantitative estimate of drug-likeness (QED) is 0.619. The van der Waals surface area contributed by atoms with E-state index in [4.69, 9.17) is 16.3 Å². The third kappa shape index (κ3) is 4.71. The van der Waals surface area contributed by atoms with Crippen LogP contribution in [0.3, 0.4) is 0 Å². The van der Waals surface area contributed by atoms with Gasteiger partial charge in [-0.15, -0.1) is 0 Å². The summed E-state index contributed by atoms with van der Waals surface area (Å²) in [6.07, 6.45) is 0. The molecule has 0 saturated carbocycles. The van der Waals surface area contributed by atoms with E-state index in [1.807, 2.05) is 19.9 Å². The van der Waals surface area contributed by atoms with Crippen LogP contribution in [-0.4, -0.2) is 25.5 Å². The zero-order chi connectivity index (χ0) is 20.3. The normalized spacial score (nSPS) is 11.1. The van der Waals surface area contributed by atoms with Gasteiger partial charge in [0.25, 0.3) is 10.0 Å². The lowest BCUT2D eigenvalue weighted by Gasteiger charge is -2.12. The van der Waals surface area contributed by atoms with Crippen molar-refractivity contribution in [1.82, 2.24) is 9.97 Å². The van der Waals surface area contributed by atoms with Gasteiger partial charge in [0.1, 0.15) is 10.6 Å². The van der Waals surface area contributed by atoms with Crippen LogP contribution in [0.2, 0.25) is 5.02 Å². The third-order valence-corrected chi connectivity index (χ3v) is 5.43. The van der Waals surface area contributed by atoms with Crippen LogP contribution in [0.5, 0.6) is 5.75 Å². The Labute approximate surface area is 168 Å². The SMILES string of the molecule is COc1ccc(Cl)cc1S(=O)(=O)Nc1ccc(Nc2nc(C)cc(C)n2)cc1. The van der Waals surface area contributed by atoms with Gasteiger partial charge in [-0.3, -0.25) is 4.72 Å². The van der Waals surface area contributed by atoms with E-state index in [0.717, 1.165) is 17.1 Å². The summed E-state index contributed by atoms with van der Waals surface area (Å²) in [6, 6.07) is 13.0. The number of halogens is 1. The van der Waals surface area contributed by atoms with E-state index >= 15 is 0 Å². The maximum Gasteiger partial charge on any atom is 0.265 e. The highest BCUT2D eigenvalue weighted by Crippen LogP contribution is 2.29. The van der Waals surface area contributed by atoms with Crippen LogP contribution < -0.4 is 14.8 Å². The number of anilines is 3. The highest BCUT2D eigenvalue weighted by atomic mass is 35.5. The second-order valence-corrected chi connectivity index (χ2v) is 8.16. The molecule has 28 heavy (non-hydrogen) atoms. The molecule has 1 heterocycles. The molecule has 3 aromatic rings. The van der Waals surface area contributed by atoms with Crippen molar-refractivity contribution in [2.75, 3.05) is 17.1 Å². The lowest BCUT2D eigenvalue weighted by molar-refractivity contribution is 0.403. The maximum absolute atomic E-state index is 12.7. The molecule has 0 bridgehead atoms. The molecule has 0 fully saturated rings. The first kappa shape index (κ1) is 19.9. The molecule has 9 heteroatoms. The fourth-order valence-electron chi connectivity index (χ4n) is 2.60. The fourth-order valence-corrected chi connectivity index (χ4v) is 4.09. The summed E-state index contributed by atoms with van der Waals surface area (Å²) in [7, 11) is -2.47. The van der Waals surface area contributed by atoms with Crippen molar-refractivity contribution in [3.8, 4) is 5.75 Å². The van der Waals surface area contributed by atoms with Crippen molar-refractivity contribution >= 4 is 38.9 Å². The number of ether oxygens (including phenoxy) is 1. The Morgan fingerprint density at radius 2 is 1.54 bits per heavy atom. The summed E-state index contributed by atoms with van der Waals surface area (Å²) in [6.45, 7) is 3.78. The van der Waals surface area contributed by atoms with E-state index in [9.17, 15) is 8.42 Å². The zero-order valence-electron chi connectivity index (χ0n) is 15.5. The largest absolute Gasteiger partial charge is 0.495 e. The van der Waals surface area contributed by atoms with Gasteiger partial charge < -0.3 is 10.1 Å². The Balaban J connectivity index is 1.79. The summed E-state index contributed by atoms with van der Waals surface area (Å²) in [4.78, 5) is 8.60. The van der Waals surface area contributed by atoms with Crippen LogP contribution >= 0.6 is 11.6 Å². The second-order valence-electron chi connectivity index (χ2n) is 6.08. The first-order chi connectivity index (χ1) is 13.3. The zero-order valence-corrected chi connectivity index (χ0v) is 17.1. The lowest BCUT2D eigenvalue weighted by Crippen LogP contribution is -2.14. The van der Waals surface area contributed by atoms with Gasteiger partial charge in [0.2, 0.25) is 5.95 Å². The number of methoxy groups -OCH3 is 1. The third-order valence-electron chi connectivity index (χ3n) is 3.79. The number of sulfonamides is 1. The molecule has 7 nitrogen and oxygen atoms in total. The van der Waals surface area contributed by atoms with Crippen LogP contribution in [0.15, 0.2) is 53.4 Å². The van der Waals surface area contributed by atoms with E-state index in [2.05, 4.69) is 20.0 Å². The van der Waals surface area contributed by atoms with Crippen molar-refractivity contribution in [2.45, 2.75) is 18.7 Å². The molecule has 0 amide bonds. The molecule has 0 spiro atoms. The van der Waals surface area contributed by atoms with Gasteiger partial charge in [-0.1, -0.05) is 11.6 Å². The lowest BCUT2D eigenvalue weighted by atomic mass is 10.3. The van der Waals surface area contributed by atoms with Gasteiger partial charge in [-0.25, -0.2) is 18.4 Å². The summed E-state index contributed by atoms with van der Waals surface area (Å²) >= 11 is 5.93. The number of hydrogen-bond donors (Lipinski definition) is 2. The van der Waals surface area contributed by atoms with E-state index < -0.39 is 10.0 Å². The summed E-state index contributed by atoms with van der Waals surface area (Å²) in [5, 5.41) is 3.40. The van der Waals surface area contributed by atoms with Gasteiger partial charge in [0, 0.05) is 27.8 Å². The molecule has 0 saturated heterocycles. The number of aromatic nitrogens is 2. The predicted molar refractivity (Wildman–Crippen MR) is 110 cm³/mol. The molecule has 0 aliphatic heterocycles. The Morgan fingerprint density at radius 1 is 0.929 bits per heavy atom. The Bertz CT molecular complexity index is 1080. The van der Waals surface area contributed by atoms with Crippen LogP contribution in [0.4, 0.5) is 17.3 Å². The maximum atomic E-state index is 12.7. The first-order valence-electron chi connectivity index (χ1n) is 8.32. The number of nitrogens with one attached hydrogen (secondary N) is 2. The molecule has 1 aromatic heterocycles. The molecule has 3 rings (SSSR count). The molecule has 0 unspecified atom stereocenters. The van der Waals surface area contributed by atoms with Crippen molar-refractivity contribution in [1.29, 1.82) is 0 Å². The van der Waals surface area contributed by atoms with Crippen LogP contribution in [-0.2, 0) is 10.0 Å². The standard InChI is InChI=1S/C19H19ClN4O3S/c1-12-10-13(2)22-19(21-12)23-15-5-7-16(8-6-15)24-28(25,26)18-11-14(20)4-9-17(18)27-3/h4-11,24H,1-3H3,(H,21,22,23). The molecule has 2 N–H and O–H groups in total. The van der Waals surface area contributed by atoms with Gasteiger partial charge in [0.15, 0.2) is 0 Å². The Kier molecular flexibility index (Phi) is 5.71. The minimum absolute atomic E-state index is 0.0339. The molecule has 2 aromatic carbocycles. The first-order valence-corrected chi connectivity index (χ1v) is 10.2. The number of nitrogens with zero attached hydrogens (tertiary/aromatic N) is 2. The number of hydrogen-bond acceptors (Lipinski definition) is 6. The Morgan fingerprint density at radius 3 is 2.14 bits per heavy atom. The van der Waals surface area contributed by atoms with Crippen LogP contribution in [0.1, 0.15) is 11.4 Å². The van der Waals surface area contributed by atoms with E-state index in [-0.39, 0.29) is 10.6 Å². The van der Waals surface area contributed by atoms with E-state index in [1.165, 1.54) is 19.2 Å². The fraction of sp³-hybridized carbons (Fsp3) is 0.158. The minimum atomic E-state index is -3.87. The van der Waals surface area contributed by atoms with Crippen LogP contribution in [0, 0.1) is 13.8 Å². The average molecular weight is 419 g/mol. The van der Waals surface area contributed by atoms with Crippen molar-refractivity contribution in [3.05, 3.63) is 64.9 Å². The highest BCUT2D eigenvalue weighted by Gasteiger charge is 2.20. The number of benzene rings is 2. The predicted octanol–water partition coefficient (Wildman–Crippen LogP) is 4.30. The van der Waals surface area contributed by atoms with Gasteiger partial charge in [-0.05, 0) is 62.4 Å². The minimum Gasteiger partial charge on any atom is -0.495 e. The van der Waals surface area contributed by atoms with Gasteiger partial charge in [-0.2, -0.15) is 0 Å². The molecule has 0 aliphatic rings. The summed E-state index contributed by atoms with van der Waals surface area (Å²) in [5.74, 6) is 0.691. The molecular weight excluding hydrogens is 400 g/mol. The van der Waals surface area contributed by atoms with E-state index in [1.54, 1.807) is 30.3 Å². The molecular formula is C19H19ClN4O3S. The van der Waals surface area contributed by atoms with Gasteiger partial charge >= 0.3 is 0 Å². The molecule has 0 aliphatic carbocycles. The number of aryl methyl sites for hydroxylation is 2. The average Bonchev–Trinajstić information content (AvgIpc) is 2.62.